The molecular formula is C14H25NO. The smallest absolute Gasteiger partial charge is 0.0817 e. The first-order chi connectivity index (χ1) is 7.78. The molecular weight excluding hydrogens is 198 g/mol. The Kier molecular flexibility index (Phi) is 2.97. The number of rotatable bonds is 2. The lowest BCUT2D eigenvalue weighted by Gasteiger charge is -2.34. The molecule has 2 atom stereocenters. The van der Waals surface area contributed by atoms with Gasteiger partial charge in [0.05, 0.1) is 5.60 Å². The number of hydrogen-bond acceptors (Lipinski definition) is 2. The number of aliphatic hydroxyl groups is 1. The van der Waals surface area contributed by atoms with E-state index in [-0.39, 0.29) is 5.60 Å². The molecule has 3 fully saturated rings. The Morgan fingerprint density at radius 3 is 2.62 bits per heavy atom. The molecule has 1 N–H and O–H groups in total. The lowest BCUT2D eigenvalue weighted by atomic mass is 9.77. The second kappa shape index (κ2) is 4.30. The van der Waals surface area contributed by atoms with Gasteiger partial charge >= 0.3 is 0 Å². The van der Waals surface area contributed by atoms with Crippen LogP contribution in [0.15, 0.2) is 0 Å². The Bertz CT molecular complexity index is 249. The van der Waals surface area contributed by atoms with E-state index in [1.807, 2.05) is 0 Å². The van der Waals surface area contributed by atoms with Gasteiger partial charge in [-0.05, 0) is 38.1 Å². The van der Waals surface area contributed by atoms with Gasteiger partial charge in [-0.25, -0.2) is 0 Å². The predicted molar refractivity (Wildman–Crippen MR) is 65.4 cm³/mol. The van der Waals surface area contributed by atoms with Crippen LogP contribution >= 0.6 is 0 Å². The van der Waals surface area contributed by atoms with Gasteiger partial charge in [0.2, 0.25) is 0 Å². The Hall–Kier alpha value is -0.0800. The minimum absolute atomic E-state index is 0.321. The van der Waals surface area contributed by atoms with Crippen molar-refractivity contribution in [1.82, 2.24) is 4.90 Å². The molecule has 1 aliphatic carbocycles. The quantitative estimate of drug-likeness (QED) is 0.777. The fourth-order valence-electron chi connectivity index (χ4n) is 4.34. The lowest BCUT2D eigenvalue weighted by molar-refractivity contribution is -0.0127. The average Bonchev–Trinajstić information content (AvgIpc) is 2.86. The fraction of sp³-hybridized carbons (Fsp3) is 1.00. The van der Waals surface area contributed by atoms with Crippen LogP contribution in [0, 0.1) is 5.92 Å². The minimum Gasteiger partial charge on any atom is -0.388 e. The molecule has 0 aromatic heterocycles. The third-order valence-electron chi connectivity index (χ3n) is 5.18. The Labute approximate surface area is 99.0 Å². The van der Waals surface area contributed by atoms with Crippen molar-refractivity contribution in [2.24, 2.45) is 5.92 Å². The Balaban J connectivity index is 1.63. The van der Waals surface area contributed by atoms with Crippen LogP contribution in [0.5, 0.6) is 0 Å². The molecule has 0 aromatic rings. The van der Waals surface area contributed by atoms with E-state index in [9.17, 15) is 5.11 Å². The predicted octanol–water partition coefficient (Wildman–Crippen LogP) is 2.56. The van der Waals surface area contributed by atoms with Crippen molar-refractivity contribution >= 4 is 0 Å². The van der Waals surface area contributed by atoms with Crippen LogP contribution in [0.2, 0.25) is 0 Å². The van der Waals surface area contributed by atoms with Crippen LogP contribution in [-0.2, 0) is 0 Å². The first kappa shape index (κ1) is 11.0. The second-order valence-electron chi connectivity index (χ2n) is 6.26. The summed E-state index contributed by atoms with van der Waals surface area (Å²) in [7, 11) is 0. The lowest BCUT2D eigenvalue weighted by Crippen LogP contribution is -2.42. The summed E-state index contributed by atoms with van der Waals surface area (Å²) in [6.45, 7) is 2.38. The van der Waals surface area contributed by atoms with Crippen LogP contribution in [0.25, 0.3) is 0 Å². The maximum atomic E-state index is 10.9. The van der Waals surface area contributed by atoms with Crippen molar-refractivity contribution in [2.45, 2.75) is 69.4 Å². The van der Waals surface area contributed by atoms with Gasteiger partial charge in [-0.15, -0.1) is 0 Å². The topological polar surface area (TPSA) is 23.5 Å². The Morgan fingerprint density at radius 2 is 1.81 bits per heavy atom. The molecule has 1 saturated carbocycles. The molecule has 2 heteroatoms. The van der Waals surface area contributed by atoms with E-state index in [1.54, 1.807) is 0 Å². The maximum Gasteiger partial charge on any atom is 0.0817 e. The zero-order chi connectivity index (χ0) is 11.0. The summed E-state index contributed by atoms with van der Waals surface area (Å²) < 4.78 is 0. The van der Waals surface area contributed by atoms with Crippen LogP contribution in [0.1, 0.15) is 57.8 Å². The van der Waals surface area contributed by atoms with Crippen molar-refractivity contribution in [1.29, 1.82) is 0 Å². The normalized spacial score (nSPS) is 41.4. The zero-order valence-corrected chi connectivity index (χ0v) is 10.3. The first-order valence-electron chi connectivity index (χ1n) is 7.24. The van der Waals surface area contributed by atoms with E-state index in [0.29, 0.717) is 6.04 Å². The molecule has 16 heavy (non-hydrogen) atoms. The molecule has 0 aromatic carbocycles. The van der Waals surface area contributed by atoms with Crippen molar-refractivity contribution < 1.29 is 5.11 Å². The highest BCUT2D eigenvalue weighted by Crippen LogP contribution is 2.42. The summed E-state index contributed by atoms with van der Waals surface area (Å²) in [5.74, 6) is 0.819. The molecule has 2 saturated heterocycles. The highest BCUT2D eigenvalue weighted by Gasteiger charge is 2.48. The zero-order valence-electron chi connectivity index (χ0n) is 10.3. The van der Waals surface area contributed by atoms with Gasteiger partial charge in [-0.2, -0.15) is 0 Å². The Morgan fingerprint density at radius 1 is 1.00 bits per heavy atom. The summed E-state index contributed by atoms with van der Waals surface area (Å²) in [5, 5.41) is 10.9. The standard InChI is InChI=1S/C14H25NO/c16-14(11-12-5-2-1-3-6-12)8-10-15-9-4-7-13(14)15/h12-13,16H,1-11H2. The third kappa shape index (κ3) is 1.91. The van der Waals surface area contributed by atoms with E-state index >= 15 is 0 Å². The van der Waals surface area contributed by atoms with Crippen LogP contribution in [-0.4, -0.2) is 34.7 Å². The molecule has 2 heterocycles. The summed E-state index contributed by atoms with van der Waals surface area (Å²) >= 11 is 0. The molecule has 0 spiro atoms. The molecule has 0 amide bonds. The van der Waals surface area contributed by atoms with Gasteiger partial charge in [0.25, 0.3) is 0 Å². The molecule has 92 valence electrons. The van der Waals surface area contributed by atoms with Crippen molar-refractivity contribution in [3.63, 3.8) is 0 Å². The molecule has 3 aliphatic rings. The maximum absolute atomic E-state index is 10.9. The fourth-order valence-corrected chi connectivity index (χ4v) is 4.34. The van der Waals surface area contributed by atoms with Gasteiger partial charge in [0, 0.05) is 12.6 Å². The van der Waals surface area contributed by atoms with E-state index in [2.05, 4.69) is 4.90 Å². The summed E-state index contributed by atoms with van der Waals surface area (Å²) in [4.78, 5) is 2.53. The first-order valence-corrected chi connectivity index (χ1v) is 7.24. The van der Waals surface area contributed by atoms with E-state index < -0.39 is 0 Å². The van der Waals surface area contributed by atoms with Gasteiger partial charge in [0.1, 0.15) is 0 Å². The molecule has 2 unspecified atom stereocenters. The second-order valence-corrected chi connectivity index (χ2v) is 6.26. The minimum atomic E-state index is -0.321. The van der Waals surface area contributed by atoms with E-state index in [4.69, 9.17) is 0 Å². The van der Waals surface area contributed by atoms with Crippen LogP contribution < -0.4 is 0 Å². The molecule has 2 nitrogen and oxygen atoms in total. The van der Waals surface area contributed by atoms with Crippen molar-refractivity contribution in [2.75, 3.05) is 13.1 Å². The monoisotopic (exact) mass is 223 g/mol. The summed E-state index contributed by atoms with van der Waals surface area (Å²) in [5.41, 5.74) is -0.321. The number of nitrogens with zero attached hydrogens (tertiary/aromatic N) is 1. The highest BCUT2D eigenvalue weighted by atomic mass is 16.3. The molecule has 2 aliphatic heterocycles. The van der Waals surface area contributed by atoms with Gasteiger partial charge in [-0.1, -0.05) is 32.1 Å². The third-order valence-corrected chi connectivity index (χ3v) is 5.18. The van der Waals surface area contributed by atoms with Gasteiger partial charge in [0.15, 0.2) is 0 Å². The number of hydrogen-bond donors (Lipinski definition) is 1. The van der Waals surface area contributed by atoms with Crippen molar-refractivity contribution in [3.05, 3.63) is 0 Å². The van der Waals surface area contributed by atoms with E-state index in [0.717, 1.165) is 25.3 Å². The molecule has 0 radical (unpaired) electrons. The summed E-state index contributed by atoms with van der Waals surface area (Å²) in [6, 6.07) is 0.509. The van der Waals surface area contributed by atoms with Crippen LogP contribution in [0.3, 0.4) is 0 Å². The largest absolute Gasteiger partial charge is 0.388 e. The SMILES string of the molecule is OC1(CC2CCCCC2)CCN2CCCC21. The van der Waals surface area contributed by atoms with Gasteiger partial charge in [-0.3, -0.25) is 4.90 Å². The van der Waals surface area contributed by atoms with E-state index in [1.165, 1.54) is 51.5 Å². The van der Waals surface area contributed by atoms with Crippen LogP contribution in [0.4, 0.5) is 0 Å². The highest BCUT2D eigenvalue weighted by molar-refractivity contribution is 5.03. The van der Waals surface area contributed by atoms with Crippen molar-refractivity contribution in [3.8, 4) is 0 Å². The number of fused-ring (bicyclic) bond motifs is 1. The molecule has 0 bridgehead atoms. The van der Waals surface area contributed by atoms with Gasteiger partial charge < -0.3 is 5.11 Å². The molecule has 3 rings (SSSR count). The summed E-state index contributed by atoms with van der Waals surface area (Å²) in [6.07, 6.45) is 11.6. The average molecular weight is 223 g/mol.